The minimum Gasteiger partial charge on any atom is -0.493 e. The van der Waals surface area contributed by atoms with Crippen molar-refractivity contribution in [3.8, 4) is 5.75 Å². The van der Waals surface area contributed by atoms with Crippen molar-refractivity contribution in [2.24, 2.45) is 0 Å². The molecule has 0 fully saturated rings. The van der Waals surface area contributed by atoms with E-state index < -0.39 is 5.60 Å². The number of benzene rings is 1. The van der Waals surface area contributed by atoms with E-state index >= 15 is 0 Å². The van der Waals surface area contributed by atoms with E-state index in [2.05, 4.69) is 6.92 Å². The third-order valence-corrected chi connectivity index (χ3v) is 3.51. The summed E-state index contributed by atoms with van der Waals surface area (Å²) < 4.78 is 11.2. The van der Waals surface area contributed by atoms with Crippen LogP contribution in [0.4, 0.5) is 0 Å². The summed E-state index contributed by atoms with van der Waals surface area (Å²) in [6, 6.07) is 7.31. The third-order valence-electron chi connectivity index (χ3n) is 3.51. The molecule has 0 aliphatic carbocycles. The molecule has 0 N–H and O–H groups in total. The molecule has 23 heavy (non-hydrogen) atoms. The van der Waals surface area contributed by atoms with Crippen LogP contribution in [-0.2, 0) is 4.74 Å². The average Bonchev–Trinajstić information content (AvgIpc) is 2.48. The summed E-state index contributed by atoms with van der Waals surface area (Å²) in [7, 11) is 0. The van der Waals surface area contributed by atoms with Crippen molar-refractivity contribution in [3.63, 3.8) is 0 Å². The molecule has 0 saturated heterocycles. The number of hydrogen-bond acceptors (Lipinski definition) is 3. The molecule has 130 valence electrons. The van der Waals surface area contributed by atoms with Gasteiger partial charge in [-0.15, -0.1) is 0 Å². The minimum absolute atomic E-state index is 0.326. The molecule has 0 amide bonds. The minimum atomic E-state index is -0.497. The molecule has 0 heterocycles. The molecule has 0 radical (unpaired) electrons. The second-order valence-corrected chi connectivity index (χ2v) is 6.97. The molecule has 1 rings (SSSR count). The fourth-order valence-corrected chi connectivity index (χ4v) is 2.34. The van der Waals surface area contributed by atoms with Crippen molar-refractivity contribution in [2.45, 2.75) is 78.2 Å². The van der Waals surface area contributed by atoms with Gasteiger partial charge >= 0.3 is 5.97 Å². The summed E-state index contributed by atoms with van der Waals surface area (Å²) in [5.41, 5.74) is 0.00764. The van der Waals surface area contributed by atoms with Gasteiger partial charge < -0.3 is 9.47 Å². The number of unbranched alkanes of at least 4 members (excludes halogenated alkanes) is 6. The normalized spacial score (nSPS) is 11.3. The maximum atomic E-state index is 12.2. The van der Waals surface area contributed by atoms with Crippen LogP contribution in [0, 0.1) is 0 Å². The Morgan fingerprint density at radius 2 is 1.57 bits per heavy atom. The summed E-state index contributed by atoms with van der Waals surface area (Å²) in [6.07, 6.45) is 8.72. The molecular formula is C20H32O3. The van der Waals surface area contributed by atoms with Crippen LogP contribution in [0.25, 0.3) is 0 Å². The zero-order chi connectivity index (χ0) is 17.1. The van der Waals surface area contributed by atoms with Gasteiger partial charge in [-0.25, -0.2) is 4.79 Å². The molecule has 0 aliphatic heterocycles. The van der Waals surface area contributed by atoms with Gasteiger partial charge in [0, 0.05) is 0 Å². The number of esters is 1. The highest BCUT2D eigenvalue weighted by Gasteiger charge is 2.20. The van der Waals surface area contributed by atoms with Crippen molar-refractivity contribution < 1.29 is 14.3 Å². The van der Waals surface area contributed by atoms with Gasteiger partial charge in [-0.1, -0.05) is 57.6 Å². The van der Waals surface area contributed by atoms with E-state index in [0.717, 1.165) is 6.42 Å². The van der Waals surface area contributed by atoms with Gasteiger partial charge in [0.2, 0.25) is 0 Å². The lowest BCUT2D eigenvalue weighted by atomic mass is 10.1. The predicted molar refractivity (Wildman–Crippen MR) is 95.1 cm³/mol. The lowest BCUT2D eigenvalue weighted by Gasteiger charge is -2.20. The average molecular weight is 320 g/mol. The number of hydrogen-bond donors (Lipinski definition) is 0. The maximum Gasteiger partial charge on any atom is 0.342 e. The number of carbonyl (C=O) groups is 1. The molecule has 0 atom stereocenters. The van der Waals surface area contributed by atoms with Crippen LogP contribution >= 0.6 is 0 Å². The molecule has 0 aromatic heterocycles. The fourth-order valence-electron chi connectivity index (χ4n) is 2.34. The van der Waals surface area contributed by atoms with Crippen LogP contribution in [0.3, 0.4) is 0 Å². The molecule has 1 aromatic carbocycles. The first-order valence-corrected chi connectivity index (χ1v) is 8.89. The molecule has 0 bridgehead atoms. The lowest BCUT2D eigenvalue weighted by Crippen LogP contribution is -2.24. The van der Waals surface area contributed by atoms with E-state index in [1.54, 1.807) is 6.07 Å². The van der Waals surface area contributed by atoms with Crippen molar-refractivity contribution in [3.05, 3.63) is 29.8 Å². The Morgan fingerprint density at radius 1 is 0.957 bits per heavy atom. The van der Waals surface area contributed by atoms with E-state index in [9.17, 15) is 4.79 Å². The first kappa shape index (κ1) is 19.5. The molecule has 0 unspecified atom stereocenters. The Labute approximate surface area is 141 Å². The van der Waals surface area contributed by atoms with Gasteiger partial charge in [0.1, 0.15) is 16.9 Å². The lowest BCUT2D eigenvalue weighted by molar-refractivity contribution is 0.00658. The standard InChI is InChI=1S/C20H32O3/c1-5-6-7-8-9-10-13-16-22-18-15-12-11-14-17(18)19(21)23-20(2,3)4/h11-12,14-15H,5-10,13,16H2,1-4H3. The Hall–Kier alpha value is -1.51. The quantitative estimate of drug-likeness (QED) is 0.405. The first-order chi connectivity index (χ1) is 10.9. The molecule has 0 saturated carbocycles. The van der Waals surface area contributed by atoms with Crippen LogP contribution in [0.1, 0.15) is 83.0 Å². The molecule has 0 spiro atoms. The van der Waals surface area contributed by atoms with Crippen molar-refractivity contribution in [2.75, 3.05) is 6.61 Å². The second-order valence-electron chi connectivity index (χ2n) is 6.97. The zero-order valence-corrected chi connectivity index (χ0v) is 15.2. The summed E-state index contributed by atoms with van der Waals surface area (Å²) in [5.74, 6) is 0.292. The topological polar surface area (TPSA) is 35.5 Å². The van der Waals surface area contributed by atoms with E-state index in [0.29, 0.717) is 17.9 Å². The molecular weight excluding hydrogens is 288 g/mol. The summed E-state index contributed by atoms with van der Waals surface area (Å²) in [5, 5.41) is 0. The van der Waals surface area contributed by atoms with Crippen LogP contribution in [0.2, 0.25) is 0 Å². The van der Waals surface area contributed by atoms with Gasteiger partial charge in [-0.05, 0) is 39.3 Å². The smallest absolute Gasteiger partial charge is 0.342 e. The van der Waals surface area contributed by atoms with E-state index in [1.807, 2.05) is 39.0 Å². The van der Waals surface area contributed by atoms with E-state index in [1.165, 1.54) is 38.5 Å². The largest absolute Gasteiger partial charge is 0.493 e. The number of carbonyl (C=O) groups excluding carboxylic acids is 1. The van der Waals surface area contributed by atoms with Crippen molar-refractivity contribution in [1.82, 2.24) is 0 Å². The Kier molecular flexibility index (Phi) is 8.75. The van der Waals surface area contributed by atoms with E-state index in [-0.39, 0.29) is 5.97 Å². The van der Waals surface area contributed by atoms with Crippen molar-refractivity contribution >= 4 is 5.97 Å². The SMILES string of the molecule is CCCCCCCCCOc1ccccc1C(=O)OC(C)(C)C. The number of para-hydroxylation sites is 1. The zero-order valence-electron chi connectivity index (χ0n) is 15.2. The Bertz CT molecular complexity index is 460. The number of ether oxygens (including phenoxy) is 2. The highest BCUT2D eigenvalue weighted by molar-refractivity contribution is 5.92. The fraction of sp³-hybridized carbons (Fsp3) is 0.650. The maximum absolute atomic E-state index is 12.2. The summed E-state index contributed by atoms with van der Waals surface area (Å²) >= 11 is 0. The molecule has 0 aliphatic rings. The predicted octanol–water partition coefficient (Wildman–Crippen LogP) is 5.77. The van der Waals surface area contributed by atoms with Crippen molar-refractivity contribution in [1.29, 1.82) is 0 Å². The van der Waals surface area contributed by atoms with Gasteiger partial charge in [-0.3, -0.25) is 0 Å². The van der Waals surface area contributed by atoms with Crippen LogP contribution < -0.4 is 4.74 Å². The Morgan fingerprint density at radius 3 is 2.22 bits per heavy atom. The highest BCUT2D eigenvalue weighted by atomic mass is 16.6. The van der Waals surface area contributed by atoms with Gasteiger partial charge in [0.25, 0.3) is 0 Å². The highest BCUT2D eigenvalue weighted by Crippen LogP contribution is 2.22. The third kappa shape index (κ3) is 8.63. The van der Waals surface area contributed by atoms with Crippen LogP contribution in [-0.4, -0.2) is 18.2 Å². The summed E-state index contributed by atoms with van der Waals surface area (Å²) in [6.45, 7) is 8.48. The van der Waals surface area contributed by atoms with Gasteiger partial charge in [0.05, 0.1) is 6.61 Å². The van der Waals surface area contributed by atoms with Gasteiger partial charge in [-0.2, -0.15) is 0 Å². The molecule has 1 aromatic rings. The van der Waals surface area contributed by atoms with Crippen LogP contribution in [0.15, 0.2) is 24.3 Å². The number of rotatable bonds is 10. The molecule has 3 heteroatoms. The van der Waals surface area contributed by atoms with Crippen LogP contribution in [0.5, 0.6) is 5.75 Å². The van der Waals surface area contributed by atoms with E-state index in [4.69, 9.17) is 9.47 Å². The second kappa shape index (κ2) is 10.3. The summed E-state index contributed by atoms with van der Waals surface area (Å²) in [4.78, 5) is 12.2. The Balaban J connectivity index is 2.38. The molecule has 3 nitrogen and oxygen atoms in total. The monoisotopic (exact) mass is 320 g/mol. The first-order valence-electron chi connectivity index (χ1n) is 8.89. The van der Waals surface area contributed by atoms with Gasteiger partial charge in [0.15, 0.2) is 0 Å².